The molecule has 1 fully saturated rings. The van der Waals surface area contributed by atoms with Crippen molar-refractivity contribution < 1.29 is 9.47 Å². The summed E-state index contributed by atoms with van der Waals surface area (Å²) >= 11 is 0. The Morgan fingerprint density at radius 3 is 2.00 bits per heavy atom. The average molecular weight is 224 g/mol. The van der Waals surface area contributed by atoms with Gasteiger partial charge in [-0.15, -0.1) is 4.98 Å². The molecule has 6 heteroatoms. The lowest BCUT2D eigenvalue weighted by Crippen LogP contribution is -2.42. The summed E-state index contributed by atoms with van der Waals surface area (Å²) < 4.78 is 9.96. The van der Waals surface area contributed by atoms with Crippen molar-refractivity contribution in [3.63, 3.8) is 0 Å². The Morgan fingerprint density at radius 2 is 1.62 bits per heavy atom. The van der Waals surface area contributed by atoms with Gasteiger partial charge in [0, 0.05) is 5.54 Å². The highest BCUT2D eigenvalue weighted by Gasteiger charge is 2.32. The molecule has 0 unspecified atom stereocenters. The first-order valence-corrected chi connectivity index (χ1v) is 5.27. The molecule has 0 amide bonds. The summed E-state index contributed by atoms with van der Waals surface area (Å²) in [4.78, 5) is 12.2. The molecule has 0 aliphatic heterocycles. The van der Waals surface area contributed by atoms with Crippen molar-refractivity contribution in [3.8, 4) is 12.0 Å². The number of nitrogens with one attached hydrogen (secondary N) is 1. The summed E-state index contributed by atoms with van der Waals surface area (Å²) in [6.45, 7) is 2.15. The second-order valence-corrected chi connectivity index (χ2v) is 4.17. The molecule has 1 aromatic rings. The van der Waals surface area contributed by atoms with E-state index < -0.39 is 0 Å². The number of methoxy groups -OCH3 is 2. The minimum atomic E-state index is 0.0946. The minimum Gasteiger partial charge on any atom is -0.467 e. The molecule has 0 saturated heterocycles. The lowest BCUT2D eigenvalue weighted by molar-refractivity contribution is 0.300. The van der Waals surface area contributed by atoms with Crippen LogP contribution in [0.15, 0.2) is 0 Å². The van der Waals surface area contributed by atoms with Gasteiger partial charge in [0.1, 0.15) is 0 Å². The van der Waals surface area contributed by atoms with E-state index in [1.54, 1.807) is 0 Å². The predicted octanol–water partition coefficient (Wildman–Crippen LogP) is 1.24. The van der Waals surface area contributed by atoms with Crippen LogP contribution in [0.3, 0.4) is 0 Å². The maximum absolute atomic E-state index is 4.98. The van der Waals surface area contributed by atoms with Crippen LogP contribution < -0.4 is 14.8 Å². The highest BCUT2D eigenvalue weighted by Crippen LogP contribution is 2.34. The van der Waals surface area contributed by atoms with E-state index in [0.717, 1.165) is 12.8 Å². The van der Waals surface area contributed by atoms with Crippen LogP contribution in [0.2, 0.25) is 0 Å². The van der Waals surface area contributed by atoms with Gasteiger partial charge in [0.25, 0.3) is 0 Å². The molecular formula is C10H16N4O2. The van der Waals surface area contributed by atoms with Gasteiger partial charge in [-0.2, -0.15) is 9.97 Å². The monoisotopic (exact) mass is 224 g/mol. The number of hydrogen-bond donors (Lipinski definition) is 1. The molecule has 88 valence electrons. The zero-order valence-corrected chi connectivity index (χ0v) is 9.78. The quantitative estimate of drug-likeness (QED) is 0.829. The third kappa shape index (κ3) is 2.15. The summed E-state index contributed by atoms with van der Waals surface area (Å²) in [6.07, 6.45) is 3.50. The molecule has 1 aliphatic carbocycles. The van der Waals surface area contributed by atoms with E-state index in [1.807, 2.05) is 0 Å². The molecule has 1 N–H and O–H groups in total. The summed E-state index contributed by atoms with van der Waals surface area (Å²) in [5.41, 5.74) is 0.0946. The fraction of sp³-hybridized carbons (Fsp3) is 0.700. The molecule has 0 aromatic carbocycles. The zero-order chi connectivity index (χ0) is 11.6. The second kappa shape index (κ2) is 4.11. The fourth-order valence-electron chi connectivity index (χ4n) is 1.68. The number of aromatic nitrogens is 3. The van der Waals surface area contributed by atoms with E-state index >= 15 is 0 Å². The maximum Gasteiger partial charge on any atom is 0.324 e. The Hall–Kier alpha value is -1.59. The molecule has 0 radical (unpaired) electrons. The van der Waals surface area contributed by atoms with Crippen molar-refractivity contribution in [2.45, 2.75) is 31.7 Å². The van der Waals surface area contributed by atoms with Gasteiger partial charge in [-0.05, 0) is 26.2 Å². The number of ether oxygens (including phenoxy) is 2. The number of hydrogen-bond acceptors (Lipinski definition) is 6. The average Bonchev–Trinajstić information content (AvgIpc) is 2.26. The first-order chi connectivity index (χ1) is 7.65. The maximum atomic E-state index is 4.98. The van der Waals surface area contributed by atoms with E-state index in [-0.39, 0.29) is 17.6 Å². The Morgan fingerprint density at radius 1 is 1.06 bits per heavy atom. The molecule has 0 spiro atoms. The molecule has 0 bridgehead atoms. The van der Waals surface area contributed by atoms with Crippen molar-refractivity contribution >= 4 is 5.95 Å². The van der Waals surface area contributed by atoms with E-state index in [0.29, 0.717) is 5.95 Å². The summed E-state index contributed by atoms with van der Waals surface area (Å²) in [5, 5.41) is 3.28. The van der Waals surface area contributed by atoms with E-state index in [4.69, 9.17) is 9.47 Å². The van der Waals surface area contributed by atoms with Crippen LogP contribution in [0.5, 0.6) is 12.0 Å². The van der Waals surface area contributed by atoms with E-state index in [2.05, 4.69) is 27.2 Å². The molecule has 0 atom stereocenters. The normalized spacial score (nSPS) is 17.4. The number of nitrogens with zero attached hydrogens (tertiary/aromatic N) is 3. The van der Waals surface area contributed by atoms with Crippen molar-refractivity contribution in [2.24, 2.45) is 0 Å². The van der Waals surface area contributed by atoms with Crippen LogP contribution in [0.25, 0.3) is 0 Å². The van der Waals surface area contributed by atoms with Crippen molar-refractivity contribution in [1.29, 1.82) is 0 Å². The Balaban J connectivity index is 2.18. The van der Waals surface area contributed by atoms with Gasteiger partial charge in [0.05, 0.1) is 14.2 Å². The standard InChI is InChI=1S/C10H16N4O2/c1-10(5-4-6-10)14-7-11-8(15-2)13-9(12-7)16-3/h4-6H2,1-3H3,(H,11,12,13,14). The van der Waals surface area contributed by atoms with E-state index in [9.17, 15) is 0 Å². The highest BCUT2D eigenvalue weighted by molar-refractivity contribution is 5.32. The third-order valence-corrected chi connectivity index (χ3v) is 2.83. The zero-order valence-electron chi connectivity index (χ0n) is 9.78. The molecule has 2 rings (SSSR count). The summed E-state index contributed by atoms with van der Waals surface area (Å²) in [6, 6.07) is 0.523. The Kier molecular flexibility index (Phi) is 2.80. The minimum absolute atomic E-state index is 0.0946. The number of anilines is 1. The van der Waals surface area contributed by atoms with Gasteiger partial charge >= 0.3 is 12.0 Å². The molecular weight excluding hydrogens is 208 g/mol. The van der Waals surface area contributed by atoms with Crippen LogP contribution in [0, 0.1) is 0 Å². The summed E-state index contributed by atoms with van der Waals surface area (Å²) in [7, 11) is 3.03. The van der Waals surface area contributed by atoms with Gasteiger partial charge in [-0.25, -0.2) is 0 Å². The van der Waals surface area contributed by atoms with Crippen molar-refractivity contribution in [1.82, 2.24) is 15.0 Å². The topological polar surface area (TPSA) is 69.2 Å². The van der Waals surface area contributed by atoms with Crippen molar-refractivity contribution in [3.05, 3.63) is 0 Å². The lowest BCUT2D eigenvalue weighted by Gasteiger charge is -2.39. The van der Waals surface area contributed by atoms with Crippen LogP contribution in [-0.2, 0) is 0 Å². The van der Waals surface area contributed by atoms with E-state index in [1.165, 1.54) is 20.6 Å². The van der Waals surface area contributed by atoms with Gasteiger partial charge in [-0.3, -0.25) is 0 Å². The van der Waals surface area contributed by atoms with Crippen molar-refractivity contribution in [2.75, 3.05) is 19.5 Å². The first-order valence-electron chi connectivity index (χ1n) is 5.27. The van der Waals surface area contributed by atoms with Gasteiger partial charge in [0.2, 0.25) is 5.95 Å². The van der Waals surface area contributed by atoms with Gasteiger partial charge in [0.15, 0.2) is 0 Å². The molecule has 1 aliphatic rings. The molecule has 16 heavy (non-hydrogen) atoms. The largest absolute Gasteiger partial charge is 0.467 e. The first kappa shape index (κ1) is 10.9. The van der Waals surface area contributed by atoms with Crippen LogP contribution >= 0.6 is 0 Å². The highest BCUT2D eigenvalue weighted by atomic mass is 16.5. The predicted molar refractivity (Wildman–Crippen MR) is 58.8 cm³/mol. The SMILES string of the molecule is COc1nc(NC2(C)CCC2)nc(OC)n1. The third-order valence-electron chi connectivity index (χ3n) is 2.83. The molecule has 1 aromatic heterocycles. The van der Waals surface area contributed by atoms with Gasteiger partial charge in [-0.1, -0.05) is 0 Å². The second-order valence-electron chi connectivity index (χ2n) is 4.17. The Labute approximate surface area is 94.4 Å². The van der Waals surface area contributed by atoms with Crippen LogP contribution in [-0.4, -0.2) is 34.7 Å². The smallest absolute Gasteiger partial charge is 0.324 e. The van der Waals surface area contributed by atoms with Crippen LogP contribution in [0.4, 0.5) is 5.95 Å². The number of rotatable bonds is 4. The molecule has 1 saturated carbocycles. The Bertz CT molecular complexity index is 357. The lowest BCUT2D eigenvalue weighted by atomic mass is 9.79. The van der Waals surface area contributed by atoms with Crippen LogP contribution in [0.1, 0.15) is 26.2 Å². The molecule has 6 nitrogen and oxygen atoms in total. The summed E-state index contributed by atoms with van der Waals surface area (Å²) in [5.74, 6) is 0.505. The fourth-order valence-corrected chi connectivity index (χ4v) is 1.68. The van der Waals surface area contributed by atoms with Gasteiger partial charge < -0.3 is 14.8 Å². The molecule has 1 heterocycles.